The van der Waals surface area contributed by atoms with E-state index >= 15 is 0 Å². The fourth-order valence-corrected chi connectivity index (χ4v) is 2.92. The Kier molecular flexibility index (Phi) is 3.33. The first-order valence-electron chi connectivity index (χ1n) is 7.05. The number of amides is 2. The summed E-state index contributed by atoms with van der Waals surface area (Å²) in [6, 6.07) is 3.51. The quantitative estimate of drug-likeness (QED) is 0.860. The average Bonchev–Trinajstić information content (AvgIpc) is 2.74. The summed E-state index contributed by atoms with van der Waals surface area (Å²) in [5.74, 6) is -0.454. The van der Waals surface area contributed by atoms with Crippen molar-refractivity contribution >= 4 is 28.9 Å². The molecule has 1 N–H and O–H groups in total. The van der Waals surface area contributed by atoms with Crippen molar-refractivity contribution in [1.82, 2.24) is 14.9 Å². The largest absolute Gasteiger partial charge is 0.313 e. The molecule has 2 amide bonds. The van der Waals surface area contributed by atoms with Gasteiger partial charge in [-0.3, -0.25) is 14.9 Å². The molecule has 0 spiro atoms. The van der Waals surface area contributed by atoms with Crippen LogP contribution in [0.2, 0.25) is 0 Å². The summed E-state index contributed by atoms with van der Waals surface area (Å²) in [6.07, 6.45) is 6.53. The number of piperidine rings is 1. The summed E-state index contributed by atoms with van der Waals surface area (Å²) in [4.78, 5) is 28.0. The van der Waals surface area contributed by atoms with Crippen molar-refractivity contribution in [3.8, 4) is 0 Å². The van der Waals surface area contributed by atoms with Crippen LogP contribution in [0.15, 0.2) is 24.4 Å². The molecule has 1 aliphatic rings. The standard InChI is InChI=1S/C16H17N3O2/c1-3-5-12-10(2)11-6-4-9-17-15(11)19(12)13-7-8-14(20)18-16(13)21/h3-6,9,13H,7-8H2,1-2H3,(H,18,20,21)/b5-3-. The molecule has 1 saturated heterocycles. The minimum absolute atomic E-state index is 0.204. The van der Waals surface area contributed by atoms with Crippen molar-refractivity contribution in [1.29, 1.82) is 0 Å². The summed E-state index contributed by atoms with van der Waals surface area (Å²) >= 11 is 0. The van der Waals surface area contributed by atoms with Crippen molar-refractivity contribution in [3.05, 3.63) is 35.7 Å². The lowest BCUT2D eigenvalue weighted by Crippen LogP contribution is -2.42. The summed E-state index contributed by atoms with van der Waals surface area (Å²) in [7, 11) is 0. The highest BCUT2D eigenvalue weighted by atomic mass is 16.2. The van der Waals surface area contributed by atoms with Crippen molar-refractivity contribution in [2.75, 3.05) is 0 Å². The molecule has 2 aromatic rings. The number of aryl methyl sites for hydroxylation is 1. The maximum absolute atomic E-state index is 12.2. The van der Waals surface area contributed by atoms with E-state index in [-0.39, 0.29) is 17.9 Å². The van der Waals surface area contributed by atoms with Gasteiger partial charge in [0.2, 0.25) is 11.8 Å². The van der Waals surface area contributed by atoms with Crippen molar-refractivity contribution < 1.29 is 9.59 Å². The zero-order chi connectivity index (χ0) is 15.0. The lowest BCUT2D eigenvalue weighted by atomic mass is 10.1. The summed E-state index contributed by atoms with van der Waals surface area (Å²) in [5.41, 5.74) is 2.86. The SMILES string of the molecule is C/C=C\c1c(C)c2cccnc2n1C1CCC(=O)NC1=O. The number of pyridine rings is 1. The van der Waals surface area contributed by atoms with Crippen LogP contribution in [0.3, 0.4) is 0 Å². The number of nitrogens with one attached hydrogen (secondary N) is 1. The molecule has 0 aromatic carbocycles. The molecule has 108 valence electrons. The molecular formula is C16H17N3O2. The molecule has 0 bridgehead atoms. The number of aromatic nitrogens is 2. The number of hydrogen-bond acceptors (Lipinski definition) is 3. The second-order valence-electron chi connectivity index (χ2n) is 5.22. The maximum atomic E-state index is 12.2. The molecule has 0 radical (unpaired) electrons. The van der Waals surface area contributed by atoms with Crippen LogP contribution < -0.4 is 5.32 Å². The highest BCUT2D eigenvalue weighted by molar-refractivity contribution is 6.00. The highest BCUT2D eigenvalue weighted by Crippen LogP contribution is 2.31. The molecule has 5 heteroatoms. The van der Waals surface area contributed by atoms with Gasteiger partial charge in [0, 0.05) is 23.7 Å². The first-order chi connectivity index (χ1) is 10.1. The van der Waals surface area contributed by atoms with E-state index in [1.54, 1.807) is 6.20 Å². The number of carbonyl (C=O) groups is 2. The van der Waals surface area contributed by atoms with E-state index in [2.05, 4.69) is 10.3 Å². The average molecular weight is 283 g/mol. The lowest BCUT2D eigenvalue weighted by Gasteiger charge is -2.24. The van der Waals surface area contributed by atoms with Crippen LogP contribution in [0, 0.1) is 6.92 Å². The van der Waals surface area contributed by atoms with Gasteiger partial charge >= 0.3 is 0 Å². The molecule has 1 fully saturated rings. The van der Waals surface area contributed by atoms with E-state index in [9.17, 15) is 9.59 Å². The fourth-order valence-electron chi connectivity index (χ4n) is 2.92. The van der Waals surface area contributed by atoms with Gasteiger partial charge in [-0.2, -0.15) is 0 Å². The predicted octanol–water partition coefficient (Wildman–Crippen LogP) is 2.36. The normalized spacial score (nSPS) is 19.4. The Morgan fingerprint density at radius 2 is 2.24 bits per heavy atom. The van der Waals surface area contributed by atoms with Crippen LogP contribution in [0.4, 0.5) is 0 Å². The number of fused-ring (bicyclic) bond motifs is 1. The molecule has 3 rings (SSSR count). The molecule has 1 aliphatic heterocycles. The Bertz CT molecular complexity index is 758. The van der Waals surface area contributed by atoms with Gasteiger partial charge in [0.05, 0.1) is 0 Å². The van der Waals surface area contributed by atoms with Gasteiger partial charge in [0.15, 0.2) is 0 Å². The van der Waals surface area contributed by atoms with Crippen molar-refractivity contribution in [2.45, 2.75) is 32.7 Å². The van der Waals surface area contributed by atoms with Gasteiger partial charge in [-0.05, 0) is 44.0 Å². The maximum Gasteiger partial charge on any atom is 0.249 e. The first kappa shape index (κ1) is 13.5. The lowest BCUT2D eigenvalue weighted by molar-refractivity contribution is -0.135. The van der Waals surface area contributed by atoms with Gasteiger partial charge in [0.1, 0.15) is 11.7 Å². The Balaban J connectivity index is 2.23. The third-order valence-electron chi connectivity index (χ3n) is 3.91. The van der Waals surface area contributed by atoms with E-state index in [0.29, 0.717) is 12.8 Å². The molecule has 0 aliphatic carbocycles. The number of carbonyl (C=O) groups excluding carboxylic acids is 2. The number of allylic oxidation sites excluding steroid dienone is 1. The van der Waals surface area contributed by atoms with E-state index in [4.69, 9.17) is 0 Å². The van der Waals surface area contributed by atoms with Crippen LogP contribution >= 0.6 is 0 Å². The van der Waals surface area contributed by atoms with E-state index < -0.39 is 0 Å². The minimum atomic E-state index is -0.389. The molecule has 2 aromatic heterocycles. The second-order valence-corrected chi connectivity index (χ2v) is 5.22. The number of imide groups is 1. The number of rotatable bonds is 2. The van der Waals surface area contributed by atoms with Gasteiger partial charge in [-0.1, -0.05) is 6.08 Å². The Morgan fingerprint density at radius 1 is 1.43 bits per heavy atom. The monoisotopic (exact) mass is 283 g/mol. The van der Waals surface area contributed by atoms with Gasteiger partial charge in [0.25, 0.3) is 0 Å². The Morgan fingerprint density at radius 3 is 2.95 bits per heavy atom. The fraction of sp³-hybridized carbons (Fsp3) is 0.312. The molecule has 1 atom stereocenters. The first-order valence-corrected chi connectivity index (χ1v) is 7.05. The summed E-state index contributed by atoms with van der Waals surface area (Å²) in [6.45, 7) is 3.97. The molecular weight excluding hydrogens is 266 g/mol. The van der Waals surface area contributed by atoms with Gasteiger partial charge in [-0.25, -0.2) is 4.98 Å². The topological polar surface area (TPSA) is 64.0 Å². The molecule has 5 nitrogen and oxygen atoms in total. The van der Waals surface area contributed by atoms with Crippen molar-refractivity contribution in [2.24, 2.45) is 0 Å². The minimum Gasteiger partial charge on any atom is -0.313 e. The zero-order valence-electron chi connectivity index (χ0n) is 12.1. The molecule has 21 heavy (non-hydrogen) atoms. The number of hydrogen-bond donors (Lipinski definition) is 1. The van der Waals surface area contributed by atoms with E-state index in [1.807, 2.05) is 42.7 Å². The zero-order valence-corrected chi connectivity index (χ0v) is 12.1. The molecule has 0 saturated carbocycles. The highest BCUT2D eigenvalue weighted by Gasteiger charge is 2.31. The van der Waals surface area contributed by atoms with Crippen LogP contribution in [0.5, 0.6) is 0 Å². The van der Waals surface area contributed by atoms with Crippen LogP contribution in [-0.2, 0) is 9.59 Å². The number of nitrogens with zero attached hydrogens (tertiary/aromatic N) is 2. The Labute approximate surface area is 122 Å². The Hall–Kier alpha value is -2.43. The smallest absolute Gasteiger partial charge is 0.249 e. The predicted molar refractivity (Wildman–Crippen MR) is 80.6 cm³/mol. The van der Waals surface area contributed by atoms with Crippen LogP contribution in [-0.4, -0.2) is 21.4 Å². The van der Waals surface area contributed by atoms with Crippen molar-refractivity contribution in [3.63, 3.8) is 0 Å². The second kappa shape index (κ2) is 5.16. The van der Waals surface area contributed by atoms with Crippen LogP contribution in [0.1, 0.15) is 37.1 Å². The van der Waals surface area contributed by atoms with Crippen LogP contribution in [0.25, 0.3) is 17.1 Å². The molecule has 3 heterocycles. The van der Waals surface area contributed by atoms with E-state index in [1.165, 1.54) is 0 Å². The van der Waals surface area contributed by atoms with Gasteiger partial charge < -0.3 is 4.57 Å². The third kappa shape index (κ3) is 2.14. The molecule has 1 unspecified atom stereocenters. The van der Waals surface area contributed by atoms with Gasteiger partial charge in [-0.15, -0.1) is 0 Å². The third-order valence-corrected chi connectivity index (χ3v) is 3.91. The van der Waals surface area contributed by atoms with E-state index in [0.717, 1.165) is 22.3 Å². The summed E-state index contributed by atoms with van der Waals surface area (Å²) in [5, 5.41) is 3.46. The summed E-state index contributed by atoms with van der Waals surface area (Å²) < 4.78 is 1.95.